The van der Waals surface area contributed by atoms with Crippen molar-refractivity contribution in [2.45, 2.75) is 30.8 Å². The molecule has 1 rings (SSSR count). The highest BCUT2D eigenvalue weighted by Gasteiger charge is 2.29. The largest absolute Gasteiger partial charge is 0.298 e. The molecule has 1 aliphatic rings. The second-order valence-corrected chi connectivity index (χ2v) is 6.33. The summed E-state index contributed by atoms with van der Waals surface area (Å²) in [5.41, 5.74) is 0.619. The maximum absolute atomic E-state index is 11.9. The highest BCUT2D eigenvalue weighted by Crippen LogP contribution is 2.24. The lowest BCUT2D eigenvalue weighted by Gasteiger charge is -2.22. The van der Waals surface area contributed by atoms with Crippen molar-refractivity contribution in [3.8, 4) is 0 Å². The van der Waals surface area contributed by atoms with Crippen molar-refractivity contribution in [1.82, 2.24) is 0 Å². The number of carbonyl (C=O) groups excluding carboxylic acids is 1. The summed E-state index contributed by atoms with van der Waals surface area (Å²) in [6, 6.07) is 0. The zero-order valence-corrected chi connectivity index (χ0v) is 8.93. The van der Waals surface area contributed by atoms with E-state index in [1.54, 1.807) is 12.2 Å². The third-order valence-electron chi connectivity index (χ3n) is 1.87. The first-order valence-corrected chi connectivity index (χ1v) is 5.42. The minimum atomic E-state index is -1.03. The lowest BCUT2D eigenvalue weighted by Crippen LogP contribution is -2.30. The van der Waals surface area contributed by atoms with E-state index in [1.165, 1.54) is 0 Å². The first-order valence-electron chi connectivity index (χ1n) is 4.21. The van der Waals surface area contributed by atoms with E-state index >= 15 is 0 Å². The van der Waals surface area contributed by atoms with Crippen LogP contribution in [0.25, 0.3) is 0 Å². The number of hydrogen-bond donors (Lipinski definition) is 0. The van der Waals surface area contributed by atoms with Gasteiger partial charge in [-0.1, -0.05) is 18.2 Å². The quantitative estimate of drug-likeness (QED) is 0.631. The minimum absolute atomic E-state index is 0.211. The fourth-order valence-corrected chi connectivity index (χ4v) is 2.53. The van der Waals surface area contributed by atoms with Crippen molar-refractivity contribution in [3.05, 3.63) is 23.8 Å². The topological polar surface area (TPSA) is 34.1 Å². The number of hydrogen-bond acceptors (Lipinski definition) is 2. The van der Waals surface area contributed by atoms with Crippen LogP contribution >= 0.6 is 0 Å². The third kappa shape index (κ3) is 2.15. The smallest absolute Gasteiger partial charge is 0.147 e. The summed E-state index contributed by atoms with van der Waals surface area (Å²) in [6.45, 7) is 5.74. The summed E-state index contributed by atoms with van der Waals surface area (Å²) >= 11 is 0. The van der Waals surface area contributed by atoms with E-state index in [0.717, 1.165) is 6.29 Å². The molecule has 0 aromatic rings. The second-order valence-electron chi connectivity index (χ2n) is 4.00. The third-order valence-corrected chi connectivity index (χ3v) is 3.97. The molecule has 0 aliphatic heterocycles. The average Bonchev–Trinajstić information content (AvgIpc) is 2.48. The van der Waals surface area contributed by atoms with E-state index in [1.807, 2.05) is 26.8 Å². The standard InChI is InChI=1S/C10H14O2S/c1-10(2,3)13(12)9-6-4-5-8(9)7-11/h4-7,9H,1-3H3. The van der Waals surface area contributed by atoms with E-state index in [0.29, 0.717) is 5.57 Å². The van der Waals surface area contributed by atoms with Crippen LogP contribution in [0.5, 0.6) is 0 Å². The Morgan fingerprint density at radius 3 is 2.54 bits per heavy atom. The lowest BCUT2D eigenvalue weighted by molar-refractivity contribution is -0.104. The predicted octanol–water partition coefficient (Wildman–Crippen LogP) is 1.60. The van der Waals surface area contributed by atoms with Crippen molar-refractivity contribution in [2.75, 3.05) is 0 Å². The Balaban J connectivity index is 2.86. The van der Waals surface area contributed by atoms with E-state index in [9.17, 15) is 9.00 Å². The van der Waals surface area contributed by atoms with Crippen LogP contribution in [0.3, 0.4) is 0 Å². The number of allylic oxidation sites excluding steroid dienone is 2. The van der Waals surface area contributed by atoms with Crippen molar-refractivity contribution in [3.63, 3.8) is 0 Å². The Hall–Kier alpha value is -0.700. The zero-order chi connectivity index (χ0) is 10.1. The van der Waals surface area contributed by atoms with Gasteiger partial charge < -0.3 is 0 Å². The number of aldehydes is 1. The van der Waals surface area contributed by atoms with Crippen LogP contribution in [0.1, 0.15) is 20.8 Å². The molecule has 13 heavy (non-hydrogen) atoms. The summed E-state index contributed by atoms with van der Waals surface area (Å²) < 4.78 is 11.6. The van der Waals surface area contributed by atoms with Gasteiger partial charge in [-0.25, -0.2) is 0 Å². The van der Waals surface area contributed by atoms with E-state index in [-0.39, 0.29) is 10.00 Å². The highest BCUT2D eigenvalue weighted by atomic mass is 32.2. The summed E-state index contributed by atoms with van der Waals surface area (Å²) in [5.74, 6) is 0. The first kappa shape index (κ1) is 10.4. The molecular formula is C10H14O2S. The van der Waals surface area contributed by atoms with Gasteiger partial charge in [-0.3, -0.25) is 9.00 Å². The van der Waals surface area contributed by atoms with Crippen LogP contribution in [0.15, 0.2) is 23.8 Å². The molecule has 0 bridgehead atoms. The zero-order valence-electron chi connectivity index (χ0n) is 8.11. The molecule has 0 aromatic heterocycles. The predicted molar refractivity (Wildman–Crippen MR) is 55.0 cm³/mol. The fraction of sp³-hybridized carbons (Fsp3) is 0.500. The van der Waals surface area contributed by atoms with Crippen LogP contribution in [-0.2, 0) is 15.6 Å². The Kier molecular flexibility index (Phi) is 2.86. The maximum Gasteiger partial charge on any atom is 0.147 e. The molecule has 1 aliphatic carbocycles. The van der Waals surface area contributed by atoms with Gasteiger partial charge >= 0.3 is 0 Å². The summed E-state index contributed by atoms with van der Waals surface area (Å²) in [5, 5.41) is -0.211. The van der Waals surface area contributed by atoms with Crippen molar-refractivity contribution in [1.29, 1.82) is 0 Å². The van der Waals surface area contributed by atoms with Crippen LogP contribution in [-0.4, -0.2) is 20.5 Å². The second kappa shape index (κ2) is 3.58. The van der Waals surface area contributed by atoms with Gasteiger partial charge in [0.15, 0.2) is 0 Å². The Morgan fingerprint density at radius 1 is 1.46 bits per heavy atom. The summed E-state index contributed by atoms with van der Waals surface area (Å²) in [4.78, 5) is 10.6. The van der Waals surface area contributed by atoms with Crippen molar-refractivity contribution >= 4 is 17.1 Å². The van der Waals surface area contributed by atoms with Gasteiger partial charge in [-0.15, -0.1) is 0 Å². The molecule has 2 atom stereocenters. The van der Waals surface area contributed by atoms with Gasteiger partial charge in [0.1, 0.15) is 6.29 Å². The maximum atomic E-state index is 11.9. The van der Waals surface area contributed by atoms with Crippen LogP contribution in [0.2, 0.25) is 0 Å². The summed E-state index contributed by atoms with van der Waals surface area (Å²) in [6.07, 6.45) is 6.12. The van der Waals surface area contributed by atoms with Gasteiger partial charge in [0.25, 0.3) is 0 Å². The molecule has 2 nitrogen and oxygen atoms in total. The Bertz CT molecular complexity index is 295. The highest BCUT2D eigenvalue weighted by molar-refractivity contribution is 7.87. The molecule has 2 unspecified atom stereocenters. The van der Waals surface area contributed by atoms with Crippen LogP contribution in [0.4, 0.5) is 0 Å². The molecule has 0 spiro atoms. The SMILES string of the molecule is CC(C)(C)S(=O)C1C=CC=C1C=O. The number of rotatable bonds is 2. The molecule has 0 saturated carbocycles. The molecule has 0 aromatic carbocycles. The molecule has 0 fully saturated rings. The Labute approximate surface area is 81.2 Å². The number of carbonyl (C=O) groups is 1. The molecule has 0 amide bonds. The van der Waals surface area contributed by atoms with Gasteiger partial charge in [0.2, 0.25) is 0 Å². The molecule has 3 heteroatoms. The first-order chi connectivity index (χ1) is 5.96. The molecule has 72 valence electrons. The van der Waals surface area contributed by atoms with Crippen LogP contribution in [0, 0.1) is 0 Å². The molecule has 0 N–H and O–H groups in total. The normalized spacial score (nSPS) is 24.2. The van der Waals surface area contributed by atoms with E-state index < -0.39 is 10.8 Å². The van der Waals surface area contributed by atoms with E-state index in [4.69, 9.17) is 0 Å². The van der Waals surface area contributed by atoms with Crippen molar-refractivity contribution in [2.24, 2.45) is 0 Å². The monoisotopic (exact) mass is 198 g/mol. The van der Waals surface area contributed by atoms with Crippen molar-refractivity contribution < 1.29 is 9.00 Å². The molecule has 0 saturated heterocycles. The van der Waals surface area contributed by atoms with Crippen LogP contribution < -0.4 is 0 Å². The van der Waals surface area contributed by atoms with Gasteiger partial charge in [0, 0.05) is 21.1 Å². The van der Waals surface area contributed by atoms with Gasteiger partial charge in [-0.05, 0) is 20.8 Å². The van der Waals surface area contributed by atoms with E-state index in [2.05, 4.69) is 0 Å². The fourth-order valence-electron chi connectivity index (χ4n) is 1.16. The molecule has 0 heterocycles. The molecular weight excluding hydrogens is 184 g/mol. The van der Waals surface area contributed by atoms with Gasteiger partial charge in [0.05, 0.1) is 5.25 Å². The molecule has 0 radical (unpaired) electrons. The van der Waals surface area contributed by atoms with Gasteiger partial charge in [-0.2, -0.15) is 0 Å². The Morgan fingerprint density at radius 2 is 2.08 bits per heavy atom. The average molecular weight is 198 g/mol. The summed E-state index contributed by atoms with van der Waals surface area (Å²) in [7, 11) is -1.03. The minimum Gasteiger partial charge on any atom is -0.298 e. The lowest BCUT2D eigenvalue weighted by atomic mass is 10.2.